The van der Waals surface area contributed by atoms with Gasteiger partial charge in [0.2, 0.25) is 0 Å². The minimum atomic E-state index is -1.62. The summed E-state index contributed by atoms with van der Waals surface area (Å²) >= 11 is 0. The van der Waals surface area contributed by atoms with E-state index in [0.29, 0.717) is 23.7 Å². The van der Waals surface area contributed by atoms with Gasteiger partial charge in [0, 0.05) is 46.0 Å². The Kier molecular flexibility index (Phi) is 13.0. The van der Waals surface area contributed by atoms with Crippen molar-refractivity contribution in [1.29, 1.82) is 0 Å². The van der Waals surface area contributed by atoms with Gasteiger partial charge in [-0.05, 0) is 72.5 Å². The Morgan fingerprint density at radius 1 is 0.816 bits per heavy atom. The number of aryl methyl sites for hydroxylation is 1. The van der Waals surface area contributed by atoms with Gasteiger partial charge >= 0.3 is 0 Å². The number of pyridine rings is 2. The molecule has 49 heavy (non-hydrogen) atoms. The van der Waals surface area contributed by atoms with Crippen LogP contribution in [0.3, 0.4) is 0 Å². The SMILES string of the molecule is CCC(c1cnc(-c2[c-]cc([Si](C)(C)C)c3c2oc2ccccc23)c(C(CC)C(C)C)c1)C(C)C.Cc1ccnc(-c2[c-]cccc2)c1.[Ir]. The summed E-state index contributed by atoms with van der Waals surface area (Å²) < 4.78 is 6.59. The zero-order valence-electron chi connectivity index (χ0n) is 30.9. The molecule has 0 fully saturated rings. The molecule has 3 aromatic carbocycles. The van der Waals surface area contributed by atoms with Crippen LogP contribution in [0.25, 0.3) is 44.5 Å². The third-order valence-corrected chi connectivity index (χ3v) is 11.7. The van der Waals surface area contributed by atoms with Gasteiger partial charge in [-0.2, -0.15) is 0 Å². The van der Waals surface area contributed by atoms with Crippen LogP contribution in [-0.2, 0) is 20.1 Å². The van der Waals surface area contributed by atoms with Gasteiger partial charge in [0.1, 0.15) is 5.58 Å². The van der Waals surface area contributed by atoms with E-state index in [9.17, 15) is 0 Å². The number of fused-ring (bicyclic) bond motifs is 3. The molecule has 0 spiro atoms. The monoisotopic (exact) mass is 845 g/mol. The average Bonchev–Trinajstić information content (AvgIpc) is 3.45. The minimum Gasteiger partial charge on any atom is -0.501 e. The van der Waals surface area contributed by atoms with Crippen LogP contribution in [-0.4, -0.2) is 18.0 Å². The molecule has 0 saturated carbocycles. The van der Waals surface area contributed by atoms with Crippen LogP contribution >= 0.6 is 0 Å². The summed E-state index contributed by atoms with van der Waals surface area (Å²) in [5.74, 6) is 2.07. The summed E-state index contributed by atoms with van der Waals surface area (Å²) in [4.78, 5) is 9.46. The first-order valence-corrected chi connectivity index (χ1v) is 21.2. The summed E-state index contributed by atoms with van der Waals surface area (Å²) in [7, 11) is -1.62. The van der Waals surface area contributed by atoms with Crippen molar-refractivity contribution in [3.63, 3.8) is 0 Å². The zero-order valence-corrected chi connectivity index (χ0v) is 34.3. The largest absolute Gasteiger partial charge is 0.501 e. The molecule has 0 bridgehead atoms. The van der Waals surface area contributed by atoms with Crippen LogP contribution in [0.5, 0.6) is 0 Å². The second-order valence-corrected chi connectivity index (χ2v) is 19.9. The van der Waals surface area contributed by atoms with Crippen LogP contribution in [0.15, 0.2) is 89.6 Å². The first-order chi connectivity index (χ1) is 22.9. The fourth-order valence-electron chi connectivity index (χ4n) is 7.11. The molecular formula is C44H52IrN2OSi-2. The molecule has 3 heterocycles. The predicted octanol–water partition coefficient (Wildman–Crippen LogP) is 12.1. The quantitative estimate of drug-likeness (QED) is 0.107. The fraction of sp³-hybridized carbons (Fsp3) is 0.364. The molecule has 2 unspecified atom stereocenters. The number of nitrogens with zero attached hydrogens (tertiary/aromatic N) is 2. The van der Waals surface area contributed by atoms with Crippen LogP contribution in [0.1, 0.15) is 82.9 Å². The average molecular weight is 845 g/mol. The number of hydrogen-bond donors (Lipinski definition) is 0. The molecule has 259 valence electrons. The third-order valence-electron chi connectivity index (χ3n) is 9.65. The molecule has 2 atom stereocenters. The Labute approximate surface area is 309 Å². The van der Waals surface area contributed by atoms with Crippen LogP contribution in [0.2, 0.25) is 19.6 Å². The maximum atomic E-state index is 6.59. The summed E-state index contributed by atoms with van der Waals surface area (Å²) in [6.45, 7) is 23.2. The van der Waals surface area contributed by atoms with Gasteiger partial charge < -0.3 is 14.4 Å². The molecule has 0 amide bonds. The van der Waals surface area contributed by atoms with Crippen molar-refractivity contribution in [2.75, 3.05) is 0 Å². The van der Waals surface area contributed by atoms with Crippen molar-refractivity contribution in [3.05, 3.63) is 114 Å². The molecule has 3 aromatic heterocycles. The molecule has 3 nitrogen and oxygen atoms in total. The normalized spacial score (nSPS) is 12.9. The van der Waals surface area contributed by atoms with Gasteiger partial charge in [0.25, 0.3) is 0 Å². The number of para-hydroxylation sites is 1. The summed E-state index contributed by atoms with van der Waals surface area (Å²) in [5, 5.41) is 3.87. The van der Waals surface area contributed by atoms with Gasteiger partial charge in [-0.1, -0.05) is 114 Å². The number of hydrogen-bond acceptors (Lipinski definition) is 3. The third kappa shape index (κ3) is 8.51. The molecule has 6 rings (SSSR count). The topological polar surface area (TPSA) is 38.9 Å². The molecular weight excluding hydrogens is 793 g/mol. The van der Waals surface area contributed by atoms with Gasteiger partial charge in [-0.25, -0.2) is 0 Å². The summed E-state index contributed by atoms with van der Waals surface area (Å²) in [6.07, 6.45) is 6.16. The van der Waals surface area contributed by atoms with Crippen molar-refractivity contribution in [1.82, 2.24) is 9.97 Å². The number of furan rings is 1. The Hall–Kier alpha value is -3.37. The first-order valence-electron chi connectivity index (χ1n) is 17.7. The smallest absolute Gasteiger partial charge is 0.120 e. The van der Waals surface area contributed by atoms with Crippen molar-refractivity contribution in [2.45, 2.75) is 92.8 Å². The van der Waals surface area contributed by atoms with Crippen LogP contribution < -0.4 is 5.19 Å². The molecule has 0 aliphatic heterocycles. The Bertz CT molecular complexity index is 1970. The van der Waals surface area contributed by atoms with Crippen LogP contribution in [0, 0.1) is 30.9 Å². The second kappa shape index (κ2) is 16.6. The maximum Gasteiger partial charge on any atom is 0.120 e. The van der Waals surface area contributed by atoms with Crippen molar-refractivity contribution >= 4 is 35.2 Å². The second-order valence-electron chi connectivity index (χ2n) is 14.8. The number of benzene rings is 3. The molecule has 0 N–H and O–H groups in total. The van der Waals surface area contributed by atoms with E-state index in [1.54, 1.807) is 0 Å². The molecule has 5 heteroatoms. The predicted molar refractivity (Wildman–Crippen MR) is 208 cm³/mol. The van der Waals surface area contributed by atoms with E-state index in [1.807, 2.05) is 36.5 Å². The Balaban J connectivity index is 0.000000323. The van der Waals surface area contributed by atoms with E-state index >= 15 is 0 Å². The van der Waals surface area contributed by atoms with Crippen molar-refractivity contribution in [2.24, 2.45) is 11.8 Å². The van der Waals surface area contributed by atoms with Gasteiger partial charge in [-0.15, -0.1) is 53.2 Å². The van der Waals surface area contributed by atoms with E-state index in [0.717, 1.165) is 46.5 Å². The molecule has 1 radical (unpaired) electrons. The first kappa shape index (κ1) is 38.4. The molecule has 0 aliphatic rings. The molecule has 6 aromatic rings. The van der Waals surface area contributed by atoms with Crippen molar-refractivity contribution < 1.29 is 24.5 Å². The van der Waals surface area contributed by atoms with E-state index in [4.69, 9.17) is 9.40 Å². The standard InChI is InChI=1S/C32H42NOSi.C12H10N.Ir/c1-10-23(20(3)4)22-18-27(24(11-2)21(5)6)31(33-19-22)26-16-17-29(35(7,8)9)30-25-14-12-13-15-28(25)34-32(26)30;1-10-7-8-13-12(9-10)11-5-3-2-4-6-11;/h12-15,17-21,23-24H,10-11H2,1-9H3;2-5,7-9H,1H3;/q2*-1;. The van der Waals surface area contributed by atoms with E-state index < -0.39 is 8.07 Å². The van der Waals surface area contributed by atoms with Gasteiger partial charge in [-0.3, -0.25) is 0 Å². The van der Waals surface area contributed by atoms with Gasteiger partial charge in [0.15, 0.2) is 0 Å². The zero-order chi connectivity index (χ0) is 34.6. The molecule has 0 saturated heterocycles. The maximum absolute atomic E-state index is 6.59. The van der Waals surface area contributed by atoms with E-state index in [1.165, 1.54) is 32.6 Å². The van der Waals surface area contributed by atoms with E-state index in [-0.39, 0.29) is 20.1 Å². The Morgan fingerprint density at radius 3 is 2.12 bits per heavy atom. The molecule has 0 aliphatic carbocycles. The number of rotatable bonds is 9. The Morgan fingerprint density at radius 2 is 1.51 bits per heavy atom. The number of aromatic nitrogens is 2. The summed E-state index contributed by atoms with van der Waals surface area (Å²) in [6, 6.07) is 31.9. The fourth-order valence-corrected chi connectivity index (χ4v) is 8.61. The van der Waals surface area contributed by atoms with Gasteiger partial charge in [0.05, 0.1) is 5.58 Å². The summed E-state index contributed by atoms with van der Waals surface area (Å²) in [5.41, 5.74) is 9.91. The van der Waals surface area contributed by atoms with E-state index in [2.05, 4.69) is 134 Å². The van der Waals surface area contributed by atoms with Crippen molar-refractivity contribution in [3.8, 4) is 22.5 Å². The minimum absolute atomic E-state index is 0. The van der Waals surface area contributed by atoms with Crippen LogP contribution in [0.4, 0.5) is 0 Å².